The smallest absolute Gasteiger partial charge is 0.224 e. The van der Waals surface area contributed by atoms with Crippen LogP contribution in [0.4, 0.5) is 4.39 Å². The highest BCUT2D eigenvalue weighted by Crippen LogP contribution is 2.23. The third kappa shape index (κ3) is 4.44. The Morgan fingerprint density at radius 1 is 1.45 bits per heavy atom. The molecule has 0 bridgehead atoms. The first-order valence-electron chi connectivity index (χ1n) is 7.76. The van der Waals surface area contributed by atoms with Crippen molar-refractivity contribution in [2.45, 2.75) is 33.2 Å². The van der Waals surface area contributed by atoms with E-state index in [0.29, 0.717) is 0 Å². The van der Waals surface area contributed by atoms with Gasteiger partial charge in [0.15, 0.2) is 11.6 Å². The van der Waals surface area contributed by atoms with Gasteiger partial charge in [-0.05, 0) is 30.5 Å². The number of carbonyl (C=O) groups excluding carboxylic acids is 1. The van der Waals surface area contributed by atoms with Gasteiger partial charge in [0, 0.05) is 6.54 Å². The molecule has 1 fully saturated rings. The fourth-order valence-corrected chi connectivity index (χ4v) is 2.41. The minimum Gasteiger partial charge on any atom is -0.488 e. The van der Waals surface area contributed by atoms with Crippen molar-refractivity contribution in [2.75, 3.05) is 19.7 Å². The molecule has 1 aliphatic heterocycles. The van der Waals surface area contributed by atoms with Crippen LogP contribution >= 0.6 is 0 Å². The molecule has 0 unspecified atom stereocenters. The second kappa shape index (κ2) is 7.09. The van der Waals surface area contributed by atoms with Gasteiger partial charge in [-0.1, -0.05) is 32.9 Å². The van der Waals surface area contributed by atoms with Crippen LogP contribution in [0.2, 0.25) is 0 Å². The SMILES string of the molecule is CC(C)(C)[C@H](COc1ccccc1F)NC(=O)[C@@H]1CCNC1. The number of para-hydroxylation sites is 1. The zero-order valence-electron chi connectivity index (χ0n) is 13.5. The number of rotatable bonds is 5. The lowest BCUT2D eigenvalue weighted by Crippen LogP contribution is -2.49. The Kier molecular flexibility index (Phi) is 5.40. The standard InChI is InChI=1S/C17H25FN2O2/c1-17(2,3)15(20-16(21)12-8-9-19-10-12)11-22-14-7-5-4-6-13(14)18/h4-7,12,15,19H,8-11H2,1-3H3,(H,20,21)/t12-,15+/m1/s1. The van der Waals surface area contributed by atoms with Crippen LogP contribution in [0, 0.1) is 17.2 Å². The Hall–Kier alpha value is -1.62. The zero-order valence-corrected chi connectivity index (χ0v) is 13.5. The highest BCUT2D eigenvalue weighted by atomic mass is 19.1. The van der Waals surface area contributed by atoms with E-state index in [1.807, 2.05) is 20.8 Å². The fourth-order valence-electron chi connectivity index (χ4n) is 2.41. The molecule has 1 heterocycles. The van der Waals surface area contributed by atoms with Crippen LogP contribution in [0.5, 0.6) is 5.75 Å². The van der Waals surface area contributed by atoms with Crippen molar-refractivity contribution in [3.05, 3.63) is 30.1 Å². The Morgan fingerprint density at radius 3 is 2.77 bits per heavy atom. The molecule has 4 nitrogen and oxygen atoms in total. The van der Waals surface area contributed by atoms with Crippen LogP contribution in [0.1, 0.15) is 27.2 Å². The molecule has 2 rings (SSSR count). The van der Waals surface area contributed by atoms with Crippen molar-refractivity contribution in [3.8, 4) is 5.75 Å². The van der Waals surface area contributed by atoms with Crippen molar-refractivity contribution in [1.29, 1.82) is 0 Å². The molecule has 122 valence electrons. The molecular weight excluding hydrogens is 283 g/mol. The first-order valence-corrected chi connectivity index (χ1v) is 7.76. The van der Waals surface area contributed by atoms with Crippen LogP contribution < -0.4 is 15.4 Å². The minimum atomic E-state index is -0.388. The molecule has 0 saturated carbocycles. The van der Waals surface area contributed by atoms with Crippen molar-refractivity contribution < 1.29 is 13.9 Å². The highest BCUT2D eigenvalue weighted by molar-refractivity contribution is 5.79. The van der Waals surface area contributed by atoms with Gasteiger partial charge in [0.1, 0.15) is 6.61 Å². The van der Waals surface area contributed by atoms with Gasteiger partial charge in [-0.2, -0.15) is 0 Å². The summed E-state index contributed by atoms with van der Waals surface area (Å²) in [6.07, 6.45) is 0.858. The van der Waals surface area contributed by atoms with Crippen molar-refractivity contribution in [1.82, 2.24) is 10.6 Å². The van der Waals surface area contributed by atoms with Gasteiger partial charge in [-0.3, -0.25) is 4.79 Å². The lowest BCUT2D eigenvalue weighted by atomic mass is 9.86. The summed E-state index contributed by atoms with van der Waals surface area (Å²) >= 11 is 0. The average molecular weight is 308 g/mol. The quantitative estimate of drug-likeness (QED) is 0.878. The predicted molar refractivity (Wildman–Crippen MR) is 84.3 cm³/mol. The number of hydrogen-bond donors (Lipinski definition) is 2. The van der Waals surface area contributed by atoms with E-state index in [1.165, 1.54) is 6.07 Å². The molecule has 22 heavy (non-hydrogen) atoms. The third-order valence-electron chi connectivity index (χ3n) is 4.04. The molecule has 1 aromatic rings. The Bertz CT molecular complexity index is 508. The van der Waals surface area contributed by atoms with E-state index in [9.17, 15) is 9.18 Å². The predicted octanol–water partition coefficient (Wildman–Crippen LogP) is 2.34. The van der Waals surface area contributed by atoms with Gasteiger partial charge in [0.25, 0.3) is 0 Å². The fraction of sp³-hybridized carbons (Fsp3) is 0.588. The molecule has 0 aliphatic carbocycles. The van der Waals surface area contributed by atoms with E-state index < -0.39 is 0 Å². The molecule has 1 aromatic carbocycles. The maximum Gasteiger partial charge on any atom is 0.224 e. The highest BCUT2D eigenvalue weighted by Gasteiger charge is 2.31. The second-order valence-corrected chi connectivity index (χ2v) is 6.86. The number of hydrogen-bond acceptors (Lipinski definition) is 3. The van der Waals surface area contributed by atoms with Gasteiger partial charge in [-0.25, -0.2) is 4.39 Å². The third-order valence-corrected chi connectivity index (χ3v) is 4.04. The molecule has 2 N–H and O–H groups in total. The molecule has 0 spiro atoms. The number of carbonyl (C=O) groups is 1. The van der Waals surface area contributed by atoms with Crippen molar-refractivity contribution in [3.63, 3.8) is 0 Å². The summed E-state index contributed by atoms with van der Waals surface area (Å²) in [7, 11) is 0. The Morgan fingerprint density at radius 2 is 2.18 bits per heavy atom. The molecule has 5 heteroatoms. The number of amides is 1. The van der Waals surface area contributed by atoms with Gasteiger partial charge in [0.2, 0.25) is 5.91 Å². The average Bonchev–Trinajstić information content (AvgIpc) is 2.97. The van der Waals surface area contributed by atoms with Crippen LogP contribution in [-0.2, 0) is 4.79 Å². The lowest BCUT2D eigenvalue weighted by molar-refractivity contribution is -0.126. The van der Waals surface area contributed by atoms with Gasteiger partial charge in [-0.15, -0.1) is 0 Å². The van der Waals surface area contributed by atoms with Crippen LogP contribution in [-0.4, -0.2) is 31.6 Å². The van der Waals surface area contributed by atoms with Gasteiger partial charge in [0.05, 0.1) is 12.0 Å². The lowest BCUT2D eigenvalue weighted by Gasteiger charge is -2.32. The number of halogens is 1. The monoisotopic (exact) mass is 308 g/mol. The summed E-state index contributed by atoms with van der Waals surface area (Å²) in [4.78, 5) is 12.3. The summed E-state index contributed by atoms with van der Waals surface area (Å²) in [5, 5.41) is 6.25. The van der Waals surface area contributed by atoms with E-state index in [-0.39, 0.29) is 41.5 Å². The Balaban J connectivity index is 1.97. The maximum atomic E-state index is 13.6. The molecule has 0 radical (unpaired) electrons. The normalized spacial score (nSPS) is 19.7. The van der Waals surface area contributed by atoms with Gasteiger partial charge >= 0.3 is 0 Å². The molecular formula is C17H25FN2O2. The van der Waals surface area contributed by atoms with Crippen LogP contribution in [0.15, 0.2) is 24.3 Å². The van der Waals surface area contributed by atoms with E-state index >= 15 is 0 Å². The summed E-state index contributed by atoms with van der Waals surface area (Å²) in [6.45, 7) is 7.96. The van der Waals surface area contributed by atoms with Crippen molar-refractivity contribution in [2.24, 2.45) is 11.3 Å². The number of ether oxygens (including phenoxy) is 1. The summed E-state index contributed by atoms with van der Waals surface area (Å²) in [5.41, 5.74) is -0.174. The zero-order chi connectivity index (χ0) is 16.2. The largest absolute Gasteiger partial charge is 0.488 e. The first-order chi connectivity index (χ1) is 10.4. The maximum absolute atomic E-state index is 13.6. The molecule has 1 aliphatic rings. The van der Waals surface area contributed by atoms with Crippen LogP contribution in [0.3, 0.4) is 0 Å². The number of nitrogens with one attached hydrogen (secondary N) is 2. The van der Waals surface area contributed by atoms with E-state index in [4.69, 9.17) is 4.74 Å². The first kappa shape index (κ1) is 16.7. The minimum absolute atomic E-state index is 0.0123. The topological polar surface area (TPSA) is 50.4 Å². The van der Waals surface area contributed by atoms with E-state index in [1.54, 1.807) is 18.2 Å². The van der Waals surface area contributed by atoms with Crippen LogP contribution in [0.25, 0.3) is 0 Å². The summed E-state index contributed by atoms with van der Waals surface area (Å²) in [5.74, 6) is -0.115. The van der Waals surface area contributed by atoms with Gasteiger partial charge < -0.3 is 15.4 Å². The summed E-state index contributed by atoms with van der Waals surface area (Å²) in [6, 6.07) is 6.13. The van der Waals surface area contributed by atoms with Crippen molar-refractivity contribution >= 4 is 5.91 Å². The molecule has 1 amide bonds. The Labute approximate surface area is 131 Å². The number of benzene rings is 1. The van der Waals surface area contributed by atoms with E-state index in [2.05, 4.69) is 10.6 Å². The molecule has 0 aromatic heterocycles. The summed E-state index contributed by atoms with van der Waals surface area (Å²) < 4.78 is 19.2. The van der Waals surface area contributed by atoms with E-state index in [0.717, 1.165) is 19.5 Å². The molecule has 1 saturated heterocycles. The second-order valence-electron chi connectivity index (χ2n) is 6.86. The molecule has 2 atom stereocenters.